The van der Waals surface area contributed by atoms with Crippen molar-refractivity contribution in [3.05, 3.63) is 0 Å². The molecule has 1 fully saturated rings. The summed E-state index contributed by atoms with van der Waals surface area (Å²) < 4.78 is 0. The molecule has 2 amide bonds. The van der Waals surface area contributed by atoms with Gasteiger partial charge in [-0.15, -0.1) is 0 Å². The predicted octanol–water partition coefficient (Wildman–Crippen LogP) is -1.90. The van der Waals surface area contributed by atoms with Gasteiger partial charge in [-0.2, -0.15) is 12.6 Å². The van der Waals surface area contributed by atoms with E-state index in [1.165, 1.54) is 6.92 Å². The van der Waals surface area contributed by atoms with Crippen LogP contribution in [0.2, 0.25) is 0 Å². The van der Waals surface area contributed by atoms with E-state index in [-0.39, 0.29) is 17.7 Å². The SMILES string of the molecule is CC(O)C(NC(=O)C(CS)NC(=O)C1CCCN1)C(=O)O. The maximum Gasteiger partial charge on any atom is 0.328 e. The van der Waals surface area contributed by atoms with Crippen LogP contribution >= 0.6 is 12.6 Å². The van der Waals surface area contributed by atoms with Gasteiger partial charge in [0, 0.05) is 5.75 Å². The van der Waals surface area contributed by atoms with Crippen molar-refractivity contribution >= 4 is 30.4 Å². The Balaban J connectivity index is 2.59. The summed E-state index contributed by atoms with van der Waals surface area (Å²) in [7, 11) is 0. The molecule has 5 N–H and O–H groups in total. The first kappa shape index (κ1) is 17.7. The van der Waals surface area contributed by atoms with Crippen molar-refractivity contribution in [2.75, 3.05) is 12.3 Å². The van der Waals surface area contributed by atoms with Crippen molar-refractivity contribution in [3.63, 3.8) is 0 Å². The average molecular weight is 319 g/mol. The van der Waals surface area contributed by atoms with Crippen molar-refractivity contribution in [1.29, 1.82) is 0 Å². The molecule has 1 heterocycles. The molecule has 0 aromatic heterocycles. The number of carbonyl (C=O) groups excluding carboxylic acids is 2. The molecule has 21 heavy (non-hydrogen) atoms. The summed E-state index contributed by atoms with van der Waals surface area (Å²) in [6.45, 7) is 2.01. The molecule has 1 aliphatic heterocycles. The van der Waals surface area contributed by atoms with Crippen LogP contribution < -0.4 is 16.0 Å². The van der Waals surface area contributed by atoms with Crippen molar-refractivity contribution < 1.29 is 24.6 Å². The second kappa shape index (κ2) is 8.20. The number of rotatable bonds is 7. The number of hydrogen-bond donors (Lipinski definition) is 6. The molecule has 120 valence electrons. The second-order valence-corrected chi connectivity index (χ2v) is 5.32. The maximum atomic E-state index is 12.0. The third-order valence-electron chi connectivity index (χ3n) is 3.24. The molecule has 0 aromatic carbocycles. The zero-order chi connectivity index (χ0) is 16.0. The van der Waals surface area contributed by atoms with Crippen LogP contribution in [0.5, 0.6) is 0 Å². The van der Waals surface area contributed by atoms with Crippen LogP contribution in [0.1, 0.15) is 19.8 Å². The fourth-order valence-corrected chi connectivity index (χ4v) is 2.27. The standard InChI is InChI=1S/C12H21N3O5S/c1-6(16)9(12(19)20)15-11(18)8(5-21)14-10(17)7-3-2-4-13-7/h6-9,13,16,21H,2-5H2,1H3,(H,14,17)(H,15,18)(H,19,20). The number of thiol groups is 1. The highest BCUT2D eigenvalue weighted by atomic mass is 32.1. The molecule has 4 unspecified atom stereocenters. The lowest BCUT2D eigenvalue weighted by Crippen LogP contribution is -2.57. The summed E-state index contributed by atoms with van der Waals surface area (Å²) in [5, 5.41) is 26.0. The average Bonchev–Trinajstić information content (AvgIpc) is 2.94. The van der Waals surface area contributed by atoms with E-state index in [0.29, 0.717) is 6.42 Å². The van der Waals surface area contributed by atoms with Gasteiger partial charge in [0.2, 0.25) is 11.8 Å². The van der Waals surface area contributed by atoms with Gasteiger partial charge in [0.1, 0.15) is 6.04 Å². The summed E-state index contributed by atoms with van der Waals surface area (Å²) in [4.78, 5) is 34.8. The van der Waals surface area contributed by atoms with Gasteiger partial charge >= 0.3 is 5.97 Å². The molecule has 4 atom stereocenters. The zero-order valence-corrected chi connectivity index (χ0v) is 12.6. The van der Waals surface area contributed by atoms with Crippen molar-refractivity contribution in [2.45, 2.75) is 44.0 Å². The maximum absolute atomic E-state index is 12.0. The van der Waals surface area contributed by atoms with Gasteiger partial charge in [-0.1, -0.05) is 0 Å². The summed E-state index contributed by atoms with van der Waals surface area (Å²) in [5.74, 6) is -2.33. The first-order chi connectivity index (χ1) is 9.86. The molecule has 0 spiro atoms. The van der Waals surface area contributed by atoms with Crippen LogP contribution in [0.25, 0.3) is 0 Å². The van der Waals surface area contributed by atoms with E-state index in [4.69, 9.17) is 5.11 Å². The van der Waals surface area contributed by atoms with Crippen LogP contribution in [0, 0.1) is 0 Å². The minimum atomic E-state index is -1.43. The fraction of sp³-hybridized carbons (Fsp3) is 0.750. The topological polar surface area (TPSA) is 128 Å². The number of hydrogen-bond acceptors (Lipinski definition) is 6. The minimum Gasteiger partial charge on any atom is -0.480 e. The molecular weight excluding hydrogens is 298 g/mol. The number of carboxylic acid groups (broad SMARTS) is 1. The lowest BCUT2D eigenvalue weighted by molar-refractivity contribution is -0.145. The Hall–Kier alpha value is -1.32. The first-order valence-electron chi connectivity index (χ1n) is 6.72. The smallest absolute Gasteiger partial charge is 0.328 e. The normalized spacial score (nSPS) is 22.1. The molecule has 0 radical (unpaired) electrons. The molecule has 0 aromatic rings. The Morgan fingerprint density at radius 3 is 2.48 bits per heavy atom. The third kappa shape index (κ3) is 5.18. The number of aliphatic hydroxyl groups excluding tert-OH is 1. The van der Waals surface area contributed by atoms with Gasteiger partial charge < -0.3 is 26.2 Å². The van der Waals surface area contributed by atoms with Crippen LogP contribution in [-0.2, 0) is 14.4 Å². The molecule has 0 aliphatic carbocycles. The Bertz CT molecular complexity index is 398. The molecular formula is C12H21N3O5S. The van der Waals surface area contributed by atoms with Crippen LogP contribution in [0.3, 0.4) is 0 Å². The lowest BCUT2D eigenvalue weighted by Gasteiger charge is -2.22. The van der Waals surface area contributed by atoms with E-state index in [1.54, 1.807) is 0 Å². The zero-order valence-electron chi connectivity index (χ0n) is 11.7. The van der Waals surface area contributed by atoms with E-state index in [9.17, 15) is 19.5 Å². The Morgan fingerprint density at radius 1 is 1.38 bits per heavy atom. The molecule has 1 saturated heterocycles. The number of aliphatic hydroxyl groups is 1. The van der Waals surface area contributed by atoms with Crippen molar-refractivity contribution in [2.24, 2.45) is 0 Å². The first-order valence-corrected chi connectivity index (χ1v) is 7.36. The van der Waals surface area contributed by atoms with E-state index in [0.717, 1.165) is 13.0 Å². The molecule has 0 bridgehead atoms. The van der Waals surface area contributed by atoms with Crippen molar-refractivity contribution in [3.8, 4) is 0 Å². The largest absolute Gasteiger partial charge is 0.480 e. The summed E-state index contributed by atoms with van der Waals surface area (Å²) in [5.41, 5.74) is 0. The summed E-state index contributed by atoms with van der Waals surface area (Å²) in [6.07, 6.45) is 0.330. The number of carbonyl (C=O) groups is 3. The van der Waals surface area contributed by atoms with Gasteiger partial charge in [0.05, 0.1) is 12.1 Å². The molecule has 1 aliphatic rings. The fourth-order valence-electron chi connectivity index (χ4n) is 2.02. The van der Waals surface area contributed by atoms with Crippen LogP contribution in [0.4, 0.5) is 0 Å². The second-order valence-electron chi connectivity index (χ2n) is 4.96. The molecule has 9 heteroatoms. The van der Waals surface area contributed by atoms with E-state index < -0.39 is 30.1 Å². The number of nitrogens with one attached hydrogen (secondary N) is 3. The highest BCUT2D eigenvalue weighted by Crippen LogP contribution is 2.05. The Morgan fingerprint density at radius 2 is 2.05 bits per heavy atom. The Labute approximate surface area is 128 Å². The van der Waals surface area contributed by atoms with Gasteiger partial charge in [-0.05, 0) is 26.3 Å². The highest BCUT2D eigenvalue weighted by molar-refractivity contribution is 7.80. The lowest BCUT2D eigenvalue weighted by atomic mass is 10.1. The number of carboxylic acids is 1. The molecule has 0 saturated carbocycles. The monoisotopic (exact) mass is 319 g/mol. The number of amides is 2. The summed E-state index contributed by atoms with van der Waals surface area (Å²) >= 11 is 3.99. The van der Waals surface area contributed by atoms with Gasteiger partial charge in [-0.25, -0.2) is 4.79 Å². The van der Waals surface area contributed by atoms with Gasteiger partial charge in [0.15, 0.2) is 6.04 Å². The third-order valence-corrected chi connectivity index (χ3v) is 3.60. The van der Waals surface area contributed by atoms with Crippen molar-refractivity contribution in [1.82, 2.24) is 16.0 Å². The van der Waals surface area contributed by atoms with Crippen LogP contribution in [0.15, 0.2) is 0 Å². The van der Waals surface area contributed by atoms with Crippen LogP contribution in [-0.4, -0.2) is 64.5 Å². The number of aliphatic carboxylic acids is 1. The highest BCUT2D eigenvalue weighted by Gasteiger charge is 2.30. The molecule has 8 nitrogen and oxygen atoms in total. The van der Waals surface area contributed by atoms with E-state index in [2.05, 4.69) is 28.6 Å². The van der Waals surface area contributed by atoms with E-state index in [1.807, 2.05) is 0 Å². The predicted molar refractivity (Wildman–Crippen MR) is 78.1 cm³/mol. The van der Waals surface area contributed by atoms with E-state index >= 15 is 0 Å². The van der Waals surface area contributed by atoms with Gasteiger partial charge in [0.25, 0.3) is 0 Å². The van der Waals surface area contributed by atoms with Gasteiger partial charge in [-0.3, -0.25) is 9.59 Å². The minimum absolute atomic E-state index is 0.0242. The Kier molecular flexibility index (Phi) is 6.93. The quantitative estimate of drug-likeness (QED) is 0.304. The molecule has 1 rings (SSSR count). The summed E-state index contributed by atoms with van der Waals surface area (Å²) in [6, 6.07) is -2.72.